The molecule has 0 saturated carbocycles. The Morgan fingerprint density at radius 1 is 1.21 bits per heavy atom. The van der Waals surface area contributed by atoms with Crippen LogP contribution in [0.25, 0.3) is 5.57 Å². The number of rotatable bonds is 1. The maximum absolute atomic E-state index is 13.4. The maximum Gasteiger partial charge on any atom is 0.130 e. The molecule has 0 amide bonds. The smallest absolute Gasteiger partial charge is 0.130 e. The fraction of sp³-hybridized carbons (Fsp3) is 0.231. The van der Waals surface area contributed by atoms with Crippen molar-refractivity contribution in [2.24, 2.45) is 0 Å². The predicted molar refractivity (Wildman–Crippen MR) is 57.4 cm³/mol. The molecule has 72 valence electrons. The topological polar surface area (TPSA) is 0 Å². The molecule has 0 heterocycles. The van der Waals surface area contributed by atoms with Crippen molar-refractivity contribution < 1.29 is 4.39 Å². The third-order valence-corrected chi connectivity index (χ3v) is 2.50. The van der Waals surface area contributed by atoms with Crippen molar-refractivity contribution >= 4 is 5.57 Å². The molecule has 0 aliphatic heterocycles. The minimum Gasteiger partial charge on any atom is -0.206 e. The molecular formula is C13H13F. The number of halogens is 1. The molecule has 0 aromatic heterocycles. The van der Waals surface area contributed by atoms with Gasteiger partial charge in [-0.15, -0.1) is 0 Å². The standard InChI is InChI=1S/C13H13F/c1-10-5-4-6-11(9-10)12-7-2-3-8-13(12)14/h2-3,5,7-9H,4,6H2,1H3. The van der Waals surface area contributed by atoms with Crippen molar-refractivity contribution in [2.75, 3.05) is 0 Å². The Balaban J connectivity index is 2.41. The van der Waals surface area contributed by atoms with Crippen molar-refractivity contribution in [3.63, 3.8) is 0 Å². The summed E-state index contributed by atoms with van der Waals surface area (Å²) < 4.78 is 13.4. The van der Waals surface area contributed by atoms with E-state index in [1.807, 2.05) is 12.1 Å². The molecule has 0 fully saturated rings. The third-order valence-electron chi connectivity index (χ3n) is 2.50. The first-order chi connectivity index (χ1) is 6.77. The molecule has 2 rings (SSSR count). The zero-order valence-electron chi connectivity index (χ0n) is 8.26. The molecule has 1 aliphatic carbocycles. The molecule has 0 unspecified atom stereocenters. The van der Waals surface area contributed by atoms with Crippen LogP contribution in [0.5, 0.6) is 0 Å². The van der Waals surface area contributed by atoms with Gasteiger partial charge in [-0.1, -0.05) is 35.9 Å². The molecule has 1 aromatic carbocycles. The van der Waals surface area contributed by atoms with Crippen LogP contribution in [-0.2, 0) is 0 Å². The molecular weight excluding hydrogens is 175 g/mol. The van der Waals surface area contributed by atoms with Gasteiger partial charge in [0, 0.05) is 5.56 Å². The molecule has 0 atom stereocenters. The zero-order chi connectivity index (χ0) is 9.97. The molecule has 0 bridgehead atoms. The molecule has 0 N–H and O–H groups in total. The normalized spacial score (nSPS) is 16.1. The van der Waals surface area contributed by atoms with Crippen LogP contribution < -0.4 is 0 Å². The van der Waals surface area contributed by atoms with Crippen molar-refractivity contribution in [1.29, 1.82) is 0 Å². The first-order valence-electron chi connectivity index (χ1n) is 4.89. The Labute approximate surface area is 83.8 Å². The highest BCUT2D eigenvalue weighted by atomic mass is 19.1. The van der Waals surface area contributed by atoms with Gasteiger partial charge in [-0.25, -0.2) is 4.39 Å². The summed E-state index contributed by atoms with van der Waals surface area (Å²) in [5.41, 5.74) is 3.09. The van der Waals surface area contributed by atoms with Crippen LogP contribution in [0.15, 0.2) is 42.0 Å². The van der Waals surface area contributed by atoms with Gasteiger partial charge in [-0.05, 0) is 31.4 Å². The Hall–Kier alpha value is -1.37. The molecule has 0 saturated heterocycles. The lowest BCUT2D eigenvalue weighted by Crippen LogP contribution is -1.93. The SMILES string of the molecule is CC1=CCCC(c2ccccc2F)=C1. The van der Waals surface area contributed by atoms with Gasteiger partial charge in [0.1, 0.15) is 5.82 Å². The Bertz CT molecular complexity index is 399. The fourth-order valence-corrected chi connectivity index (χ4v) is 1.80. The van der Waals surface area contributed by atoms with Crippen LogP contribution in [0.3, 0.4) is 0 Å². The summed E-state index contributed by atoms with van der Waals surface area (Å²) >= 11 is 0. The van der Waals surface area contributed by atoms with Crippen molar-refractivity contribution in [3.8, 4) is 0 Å². The van der Waals surface area contributed by atoms with E-state index in [0.717, 1.165) is 24.0 Å². The monoisotopic (exact) mass is 188 g/mol. The Kier molecular flexibility index (Phi) is 2.49. The molecule has 1 aliphatic rings. The average Bonchev–Trinajstić information content (AvgIpc) is 2.18. The van der Waals surface area contributed by atoms with Crippen LogP contribution in [0.4, 0.5) is 4.39 Å². The summed E-state index contributed by atoms with van der Waals surface area (Å²) in [5, 5.41) is 0. The molecule has 1 aromatic rings. The minimum absolute atomic E-state index is 0.117. The molecule has 0 radical (unpaired) electrons. The van der Waals surface area contributed by atoms with E-state index in [1.165, 1.54) is 11.6 Å². The molecule has 0 nitrogen and oxygen atoms in total. The van der Waals surface area contributed by atoms with Crippen LogP contribution in [-0.4, -0.2) is 0 Å². The second-order valence-corrected chi connectivity index (χ2v) is 3.64. The van der Waals surface area contributed by atoms with Gasteiger partial charge in [0.15, 0.2) is 0 Å². The van der Waals surface area contributed by atoms with Crippen molar-refractivity contribution in [1.82, 2.24) is 0 Å². The Morgan fingerprint density at radius 2 is 2.00 bits per heavy atom. The van der Waals surface area contributed by atoms with Crippen LogP contribution in [0, 0.1) is 5.82 Å². The van der Waals surface area contributed by atoms with Gasteiger partial charge in [0.05, 0.1) is 0 Å². The molecule has 14 heavy (non-hydrogen) atoms. The second kappa shape index (κ2) is 3.79. The summed E-state index contributed by atoms with van der Waals surface area (Å²) in [6.07, 6.45) is 6.22. The van der Waals surface area contributed by atoms with Crippen molar-refractivity contribution in [2.45, 2.75) is 19.8 Å². The van der Waals surface area contributed by atoms with E-state index >= 15 is 0 Å². The van der Waals surface area contributed by atoms with E-state index in [1.54, 1.807) is 6.07 Å². The van der Waals surface area contributed by atoms with Crippen LogP contribution >= 0.6 is 0 Å². The van der Waals surface area contributed by atoms with Crippen LogP contribution in [0.1, 0.15) is 25.3 Å². The number of hydrogen-bond donors (Lipinski definition) is 0. The largest absolute Gasteiger partial charge is 0.206 e. The van der Waals surface area contributed by atoms with Gasteiger partial charge >= 0.3 is 0 Å². The van der Waals surface area contributed by atoms with Crippen molar-refractivity contribution in [3.05, 3.63) is 53.4 Å². The molecule has 1 heteroatoms. The van der Waals surface area contributed by atoms with E-state index in [4.69, 9.17) is 0 Å². The number of benzene rings is 1. The quantitative estimate of drug-likeness (QED) is 0.626. The fourth-order valence-electron chi connectivity index (χ4n) is 1.80. The molecule has 0 spiro atoms. The lowest BCUT2D eigenvalue weighted by molar-refractivity contribution is 0.623. The van der Waals surface area contributed by atoms with Gasteiger partial charge < -0.3 is 0 Å². The first kappa shape index (κ1) is 9.20. The van der Waals surface area contributed by atoms with Gasteiger partial charge in [-0.3, -0.25) is 0 Å². The van der Waals surface area contributed by atoms with E-state index in [0.29, 0.717) is 0 Å². The summed E-state index contributed by atoms with van der Waals surface area (Å²) in [6, 6.07) is 6.97. The third kappa shape index (κ3) is 1.77. The van der Waals surface area contributed by atoms with E-state index < -0.39 is 0 Å². The van der Waals surface area contributed by atoms with Gasteiger partial charge in [0.25, 0.3) is 0 Å². The van der Waals surface area contributed by atoms with E-state index in [9.17, 15) is 4.39 Å². The summed E-state index contributed by atoms with van der Waals surface area (Å²) in [6.45, 7) is 2.06. The average molecular weight is 188 g/mol. The van der Waals surface area contributed by atoms with Crippen LogP contribution in [0.2, 0.25) is 0 Å². The second-order valence-electron chi connectivity index (χ2n) is 3.64. The summed E-state index contributed by atoms with van der Waals surface area (Å²) in [7, 11) is 0. The Morgan fingerprint density at radius 3 is 2.71 bits per heavy atom. The van der Waals surface area contributed by atoms with E-state index in [2.05, 4.69) is 19.1 Å². The maximum atomic E-state index is 13.4. The minimum atomic E-state index is -0.117. The highest BCUT2D eigenvalue weighted by Crippen LogP contribution is 2.27. The first-order valence-corrected chi connectivity index (χ1v) is 4.89. The number of hydrogen-bond acceptors (Lipinski definition) is 0. The summed E-state index contributed by atoms with van der Waals surface area (Å²) in [5.74, 6) is -0.117. The van der Waals surface area contributed by atoms with Gasteiger partial charge in [0.2, 0.25) is 0 Å². The van der Waals surface area contributed by atoms with Gasteiger partial charge in [-0.2, -0.15) is 0 Å². The summed E-state index contributed by atoms with van der Waals surface area (Å²) in [4.78, 5) is 0. The zero-order valence-corrected chi connectivity index (χ0v) is 8.26. The lowest BCUT2D eigenvalue weighted by Gasteiger charge is -2.12. The van der Waals surface area contributed by atoms with E-state index in [-0.39, 0.29) is 5.82 Å². The number of allylic oxidation sites excluding steroid dienone is 4. The predicted octanol–water partition coefficient (Wildman–Crippen LogP) is 3.95. The highest BCUT2D eigenvalue weighted by molar-refractivity contribution is 5.69. The lowest BCUT2D eigenvalue weighted by atomic mass is 9.94. The highest BCUT2D eigenvalue weighted by Gasteiger charge is 2.08.